The molecule has 0 aromatic heterocycles. The maximum absolute atomic E-state index is 12.5. The number of carbonyl (C=O) groups is 2. The van der Waals surface area contributed by atoms with Gasteiger partial charge in [-0.2, -0.15) is 0 Å². The summed E-state index contributed by atoms with van der Waals surface area (Å²) in [5.41, 5.74) is 2.92. The van der Waals surface area contributed by atoms with E-state index in [2.05, 4.69) is 17.2 Å². The number of hydrogen-bond acceptors (Lipinski definition) is 3. The van der Waals surface area contributed by atoms with Gasteiger partial charge in [-0.1, -0.05) is 30.3 Å². The zero-order chi connectivity index (χ0) is 19.1. The highest BCUT2D eigenvalue weighted by molar-refractivity contribution is 6.04. The Morgan fingerprint density at radius 3 is 2.62 bits per heavy atom. The van der Waals surface area contributed by atoms with Crippen LogP contribution in [0, 0.1) is 13.8 Å². The van der Waals surface area contributed by atoms with Crippen LogP contribution < -0.4 is 15.4 Å². The molecular weight excluding hydrogens is 328 g/mol. The number of hydrogen-bond donors (Lipinski definition) is 2. The fourth-order valence-electron chi connectivity index (χ4n) is 2.38. The lowest BCUT2D eigenvalue weighted by Gasteiger charge is -2.18. The van der Waals surface area contributed by atoms with Crippen molar-refractivity contribution in [3.63, 3.8) is 0 Å². The Kier molecular flexibility index (Phi) is 6.55. The van der Waals surface area contributed by atoms with E-state index in [-0.39, 0.29) is 11.8 Å². The molecule has 2 rings (SSSR count). The molecule has 2 aromatic carbocycles. The topological polar surface area (TPSA) is 67.4 Å². The van der Waals surface area contributed by atoms with Crippen LogP contribution in [0.4, 0.5) is 5.69 Å². The lowest BCUT2D eigenvalue weighted by Crippen LogP contribution is -2.32. The van der Waals surface area contributed by atoms with Crippen molar-refractivity contribution in [1.29, 1.82) is 0 Å². The smallest absolute Gasteiger partial charge is 0.265 e. The number of anilines is 1. The van der Waals surface area contributed by atoms with Crippen LogP contribution in [0.25, 0.3) is 0 Å². The number of para-hydroxylation sites is 1. The highest BCUT2D eigenvalue weighted by atomic mass is 16.5. The van der Waals surface area contributed by atoms with E-state index in [4.69, 9.17) is 4.74 Å². The zero-order valence-electron chi connectivity index (χ0n) is 15.3. The average Bonchev–Trinajstić information content (AvgIpc) is 2.63. The fourth-order valence-corrected chi connectivity index (χ4v) is 2.38. The van der Waals surface area contributed by atoms with Crippen molar-refractivity contribution in [2.24, 2.45) is 0 Å². The largest absolute Gasteiger partial charge is 0.481 e. The van der Waals surface area contributed by atoms with Crippen LogP contribution in [-0.4, -0.2) is 24.5 Å². The molecular formula is C21H24N2O3. The van der Waals surface area contributed by atoms with E-state index in [1.807, 2.05) is 32.0 Å². The van der Waals surface area contributed by atoms with Gasteiger partial charge >= 0.3 is 0 Å². The highest BCUT2D eigenvalue weighted by Gasteiger charge is 2.19. The Balaban J connectivity index is 2.10. The monoisotopic (exact) mass is 352 g/mol. The summed E-state index contributed by atoms with van der Waals surface area (Å²) in [4.78, 5) is 24.7. The van der Waals surface area contributed by atoms with Crippen molar-refractivity contribution < 1.29 is 14.3 Å². The first kappa shape index (κ1) is 19.2. The van der Waals surface area contributed by atoms with Crippen LogP contribution in [0.2, 0.25) is 0 Å². The molecule has 0 spiro atoms. The van der Waals surface area contributed by atoms with E-state index in [0.29, 0.717) is 23.5 Å². The van der Waals surface area contributed by atoms with Crippen LogP contribution in [0.3, 0.4) is 0 Å². The minimum absolute atomic E-state index is 0.274. The van der Waals surface area contributed by atoms with Crippen molar-refractivity contribution in [3.8, 4) is 5.75 Å². The Labute approximate surface area is 154 Å². The van der Waals surface area contributed by atoms with Crippen LogP contribution in [-0.2, 0) is 4.79 Å². The summed E-state index contributed by atoms with van der Waals surface area (Å²) in [6.45, 7) is 9.55. The van der Waals surface area contributed by atoms with Gasteiger partial charge < -0.3 is 15.4 Å². The lowest BCUT2D eigenvalue weighted by molar-refractivity contribution is -0.122. The van der Waals surface area contributed by atoms with Gasteiger partial charge in [-0.05, 0) is 50.1 Å². The first-order valence-corrected chi connectivity index (χ1v) is 8.46. The predicted octanol–water partition coefficient (Wildman–Crippen LogP) is 3.63. The standard InChI is InChI=1S/C21H24N2O3/c1-5-13-22-21(25)17-10-6-7-11-18(17)23-20(24)16(4)26-19-12-8-9-14(2)15(19)3/h5-12,16H,1,13H2,2-4H3,(H,22,25)(H,23,24)/t16-/m1/s1. The first-order valence-electron chi connectivity index (χ1n) is 8.46. The van der Waals surface area contributed by atoms with Crippen LogP contribution in [0.5, 0.6) is 5.75 Å². The predicted molar refractivity (Wildman–Crippen MR) is 104 cm³/mol. The summed E-state index contributed by atoms with van der Waals surface area (Å²) < 4.78 is 5.80. The molecule has 0 aliphatic rings. The van der Waals surface area contributed by atoms with Gasteiger partial charge in [-0.25, -0.2) is 0 Å². The second-order valence-corrected chi connectivity index (χ2v) is 5.99. The number of aryl methyl sites for hydroxylation is 1. The SMILES string of the molecule is C=CCNC(=O)c1ccccc1NC(=O)[C@@H](C)Oc1cccc(C)c1C. The number of carbonyl (C=O) groups excluding carboxylic acids is 2. The Hall–Kier alpha value is -3.08. The molecule has 0 aliphatic carbocycles. The molecule has 26 heavy (non-hydrogen) atoms. The average molecular weight is 352 g/mol. The molecule has 0 aliphatic heterocycles. The van der Waals surface area contributed by atoms with Gasteiger partial charge in [0.05, 0.1) is 11.3 Å². The quantitative estimate of drug-likeness (QED) is 0.748. The van der Waals surface area contributed by atoms with E-state index in [9.17, 15) is 9.59 Å². The first-order chi connectivity index (χ1) is 12.4. The van der Waals surface area contributed by atoms with Crippen LogP contribution in [0.1, 0.15) is 28.4 Å². The number of ether oxygens (including phenoxy) is 1. The molecule has 2 amide bonds. The van der Waals surface area contributed by atoms with E-state index < -0.39 is 6.10 Å². The zero-order valence-corrected chi connectivity index (χ0v) is 15.3. The summed E-state index contributed by atoms with van der Waals surface area (Å²) in [5.74, 6) is 0.0726. The molecule has 0 saturated heterocycles. The molecule has 0 fully saturated rings. The van der Waals surface area contributed by atoms with Gasteiger partial charge in [0, 0.05) is 6.54 Å². The Morgan fingerprint density at radius 1 is 1.15 bits per heavy atom. The van der Waals surface area contributed by atoms with E-state index in [0.717, 1.165) is 11.1 Å². The van der Waals surface area contributed by atoms with Gasteiger partial charge in [0.15, 0.2) is 6.10 Å². The van der Waals surface area contributed by atoms with Gasteiger partial charge in [0.25, 0.3) is 11.8 Å². The third-order valence-corrected chi connectivity index (χ3v) is 4.06. The van der Waals surface area contributed by atoms with E-state index in [1.54, 1.807) is 37.3 Å². The van der Waals surface area contributed by atoms with Crippen molar-refractivity contribution in [3.05, 3.63) is 71.8 Å². The molecule has 5 nitrogen and oxygen atoms in total. The molecule has 1 atom stereocenters. The van der Waals surface area contributed by atoms with Crippen LogP contribution in [0.15, 0.2) is 55.1 Å². The molecule has 0 saturated carbocycles. The molecule has 136 valence electrons. The number of rotatable bonds is 7. The second kappa shape index (κ2) is 8.85. The fraction of sp³-hybridized carbons (Fsp3) is 0.238. The number of amides is 2. The third-order valence-electron chi connectivity index (χ3n) is 4.06. The summed E-state index contributed by atoms with van der Waals surface area (Å²) in [6.07, 6.45) is 0.888. The Bertz CT molecular complexity index is 815. The third kappa shape index (κ3) is 4.72. The molecule has 0 radical (unpaired) electrons. The summed E-state index contributed by atoms with van der Waals surface area (Å²) >= 11 is 0. The van der Waals surface area contributed by atoms with Gasteiger partial charge in [-0.15, -0.1) is 6.58 Å². The van der Waals surface area contributed by atoms with Crippen molar-refractivity contribution in [2.75, 3.05) is 11.9 Å². The molecule has 2 N–H and O–H groups in total. The van der Waals surface area contributed by atoms with Crippen molar-refractivity contribution >= 4 is 17.5 Å². The summed E-state index contributed by atoms with van der Waals surface area (Å²) in [7, 11) is 0. The molecule has 2 aromatic rings. The lowest BCUT2D eigenvalue weighted by atomic mass is 10.1. The minimum Gasteiger partial charge on any atom is -0.481 e. The summed E-state index contributed by atoms with van der Waals surface area (Å²) in [6, 6.07) is 12.6. The van der Waals surface area contributed by atoms with Crippen molar-refractivity contribution in [2.45, 2.75) is 26.9 Å². The number of benzene rings is 2. The van der Waals surface area contributed by atoms with Crippen molar-refractivity contribution in [1.82, 2.24) is 5.32 Å². The highest BCUT2D eigenvalue weighted by Crippen LogP contribution is 2.22. The maximum atomic E-state index is 12.5. The van der Waals surface area contributed by atoms with Gasteiger partial charge in [0.1, 0.15) is 5.75 Å². The molecule has 0 heterocycles. The van der Waals surface area contributed by atoms with Gasteiger partial charge in [-0.3, -0.25) is 9.59 Å². The second-order valence-electron chi connectivity index (χ2n) is 5.99. The molecule has 0 unspecified atom stereocenters. The van der Waals surface area contributed by atoms with Gasteiger partial charge in [0.2, 0.25) is 0 Å². The molecule has 0 bridgehead atoms. The van der Waals surface area contributed by atoms with E-state index in [1.165, 1.54) is 0 Å². The summed E-state index contributed by atoms with van der Waals surface area (Å²) in [5, 5.41) is 5.48. The van der Waals surface area contributed by atoms with E-state index >= 15 is 0 Å². The number of nitrogens with one attached hydrogen (secondary N) is 2. The Morgan fingerprint density at radius 2 is 1.88 bits per heavy atom. The normalized spacial score (nSPS) is 11.3. The van der Waals surface area contributed by atoms with Crippen LogP contribution >= 0.6 is 0 Å². The molecule has 5 heteroatoms. The minimum atomic E-state index is -0.709. The maximum Gasteiger partial charge on any atom is 0.265 e.